The van der Waals surface area contributed by atoms with Gasteiger partial charge in [-0.1, -0.05) is 44.0 Å². The van der Waals surface area contributed by atoms with E-state index in [1.807, 2.05) is 42.5 Å². The van der Waals surface area contributed by atoms with E-state index in [1.165, 1.54) is 11.9 Å². The minimum Gasteiger partial charge on any atom is -0.486 e. The van der Waals surface area contributed by atoms with Crippen LogP contribution in [0, 0.1) is 0 Å². The number of hydrogen-bond donors (Lipinski definition) is 2. The second-order valence-corrected chi connectivity index (χ2v) is 6.56. The van der Waals surface area contributed by atoms with Gasteiger partial charge < -0.3 is 9.84 Å². The monoisotopic (exact) mass is 384 g/mol. The summed E-state index contributed by atoms with van der Waals surface area (Å²) in [4.78, 5) is 22.5. The molecule has 1 unspecified atom stereocenters. The maximum Gasteiger partial charge on any atom is 0.238 e. The van der Waals surface area contributed by atoms with Crippen molar-refractivity contribution >= 4 is 17.9 Å². The van der Waals surface area contributed by atoms with Crippen molar-refractivity contribution in [2.75, 3.05) is 11.6 Å². The number of aliphatic hydroxyl groups is 1. The molecule has 0 aliphatic heterocycles. The number of anilines is 1. The number of carbonyl (C=O) groups is 2. The lowest BCUT2D eigenvalue weighted by molar-refractivity contribution is -0.117. The number of ether oxygens (including phenoxy) is 1. The largest absolute Gasteiger partial charge is 0.486 e. The van der Waals surface area contributed by atoms with Gasteiger partial charge >= 0.3 is 0 Å². The third kappa shape index (κ3) is 6.48. The number of hydrazine groups is 1. The molecule has 0 saturated carbocycles. The van der Waals surface area contributed by atoms with Crippen molar-refractivity contribution < 1.29 is 19.4 Å². The summed E-state index contributed by atoms with van der Waals surface area (Å²) in [5, 5.41) is 11.7. The van der Waals surface area contributed by atoms with E-state index in [0.29, 0.717) is 24.3 Å². The van der Waals surface area contributed by atoms with Gasteiger partial charge in [0.25, 0.3) is 0 Å². The molecule has 150 valence electrons. The summed E-state index contributed by atoms with van der Waals surface area (Å²) in [7, 11) is 0. The maximum absolute atomic E-state index is 12.1. The van der Waals surface area contributed by atoms with Gasteiger partial charge in [0, 0.05) is 13.5 Å². The van der Waals surface area contributed by atoms with Gasteiger partial charge in [-0.05, 0) is 41.8 Å². The predicted octanol–water partition coefficient (Wildman–Crippen LogP) is 3.55. The summed E-state index contributed by atoms with van der Waals surface area (Å²) in [6.45, 7) is 4.00. The molecule has 0 fully saturated rings. The van der Waals surface area contributed by atoms with Crippen LogP contribution in [0.4, 0.5) is 5.69 Å². The Balaban J connectivity index is 2.03. The highest BCUT2D eigenvalue weighted by Gasteiger charge is 2.13. The molecule has 0 saturated heterocycles. The van der Waals surface area contributed by atoms with Crippen molar-refractivity contribution in [2.24, 2.45) is 0 Å². The van der Waals surface area contributed by atoms with Crippen LogP contribution >= 0.6 is 0 Å². The molecular formula is C22H28N2O4. The Bertz CT molecular complexity index is 761. The SMILES string of the molecule is CCCCC(O)c1ccc(N(NCc2cccc(OCC=O)c2)C(C)=O)cc1. The highest BCUT2D eigenvalue weighted by atomic mass is 16.5. The summed E-state index contributed by atoms with van der Waals surface area (Å²) >= 11 is 0. The number of aldehydes is 1. The molecule has 0 bridgehead atoms. The maximum atomic E-state index is 12.1. The Morgan fingerprint density at radius 3 is 2.64 bits per heavy atom. The highest BCUT2D eigenvalue weighted by Crippen LogP contribution is 2.22. The zero-order valence-corrected chi connectivity index (χ0v) is 16.4. The molecule has 6 heteroatoms. The van der Waals surface area contributed by atoms with Gasteiger partial charge in [-0.3, -0.25) is 9.59 Å². The molecule has 6 nitrogen and oxygen atoms in total. The number of carbonyl (C=O) groups excluding carboxylic acids is 2. The van der Waals surface area contributed by atoms with Crippen molar-refractivity contribution in [3.05, 3.63) is 59.7 Å². The first-order chi connectivity index (χ1) is 13.5. The van der Waals surface area contributed by atoms with Gasteiger partial charge in [0.05, 0.1) is 11.8 Å². The van der Waals surface area contributed by atoms with Gasteiger partial charge in [-0.2, -0.15) is 0 Å². The first-order valence-corrected chi connectivity index (χ1v) is 9.52. The molecular weight excluding hydrogens is 356 g/mol. The number of aliphatic hydroxyl groups excluding tert-OH is 1. The predicted molar refractivity (Wildman–Crippen MR) is 109 cm³/mol. The summed E-state index contributed by atoms with van der Waals surface area (Å²) in [6.07, 6.45) is 2.96. The van der Waals surface area contributed by atoms with Crippen molar-refractivity contribution in [2.45, 2.75) is 45.8 Å². The first-order valence-electron chi connectivity index (χ1n) is 9.52. The lowest BCUT2D eigenvalue weighted by atomic mass is 10.0. The van der Waals surface area contributed by atoms with E-state index in [2.05, 4.69) is 12.3 Å². The van der Waals surface area contributed by atoms with E-state index in [0.717, 1.165) is 30.4 Å². The third-order valence-electron chi connectivity index (χ3n) is 4.34. The zero-order chi connectivity index (χ0) is 20.4. The van der Waals surface area contributed by atoms with Crippen LogP contribution in [0.5, 0.6) is 5.75 Å². The van der Waals surface area contributed by atoms with Crippen molar-refractivity contribution in [3.8, 4) is 5.75 Å². The fourth-order valence-corrected chi connectivity index (χ4v) is 2.84. The molecule has 0 spiro atoms. The standard InChI is InChI=1S/C22H28N2O4/c1-3-4-8-22(27)19-9-11-20(12-10-19)24(17(2)26)23-16-18-6-5-7-21(15-18)28-14-13-25/h5-7,9-13,15,22-23,27H,3-4,8,14,16H2,1-2H3. The summed E-state index contributed by atoms with van der Waals surface area (Å²) < 4.78 is 5.30. The van der Waals surface area contributed by atoms with Crippen molar-refractivity contribution in [3.63, 3.8) is 0 Å². The second kappa shape index (κ2) is 11.2. The van der Waals surface area contributed by atoms with E-state index in [-0.39, 0.29) is 12.5 Å². The van der Waals surface area contributed by atoms with Crippen LogP contribution < -0.4 is 15.2 Å². The van der Waals surface area contributed by atoms with E-state index in [4.69, 9.17) is 4.74 Å². The smallest absolute Gasteiger partial charge is 0.238 e. The fraction of sp³-hybridized carbons (Fsp3) is 0.364. The molecule has 2 aromatic rings. The second-order valence-electron chi connectivity index (χ2n) is 6.56. The Morgan fingerprint density at radius 2 is 2.00 bits per heavy atom. The fourth-order valence-electron chi connectivity index (χ4n) is 2.84. The van der Waals surface area contributed by atoms with Crippen molar-refractivity contribution in [1.82, 2.24) is 5.43 Å². The molecule has 0 heterocycles. The highest BCUT2D eigenvalue weighted by molar-refractivity contribution is 5.90. The minimum absolute atomic E-state index is 0.00685. The number of unbranched alkanes of at least 4 members (excludes halogenated alkanes) is 1. The Kier molecular flexibility index (Phi) is 8.65. The van der Waals surface area contributed by atoms with Crippen LogP contribution in [0.25, 0.3) is 0 Å². The van der Waals surface area contributed by atoms with Crippen LogP contribution in [0.1, 0.15) is 50.3 Å². The molecule has 0 aliphatic rings. The van der Waals surface area contributed by atoms with E-state index >= 15 is 0 Å². The number of nitrogens with zero attached hydrogens (tertiary/aromatic N) is 1. The van der Waals surface area contributed by atoms with Crippen LogP contribution in [-0.2, 0) is 16.1 Å². The zero-order valence-electron chi connectivity index (χ0n) is 16.4. The summed E-state index contributed by atoms with van der Waals surface area (Å²) in [6, 6.07) is 14.7. The number of amides is 1. The lowest BCUT2D eigenvalue weighted by Crippen LogP contribution is -2.41. The molecule has 1 amide bonds. The molecule has 2 rings (SSSR count). The molecule has 1 atom stereocenters. The number of nitrogens with one attached hydrogen (secondary N) is 1. The normalized spacial score (nSPS) is 11.7. The molecule has 0 aromatic heterocycles. The van der Waals surface area contributed by atoms with Gasteiger partial charge in [-0.25, -0.2) is 10.4 Å². The van der Waals surface area contributed by atoms with Gasteiger partial charge in [-0.15, -0.1) is 0 Å². The average molecular weight is 384 g/mol. The topological polar surface area (TPSA) is 78.9 Å². The Morgan fingerprint density at radius 1 is 1.25 bits per heavy atom. The number of rotatable bonds is 11. The number of benzene rings is 2. The average Bonchev–Trinajstić information content (AvgIpc) is 2.71. The van der Waals surface area contributed by atoms with Gasteiger partial charge in [0.15, 0.2) is 6.29 Å². The minimum atomic E-state index is -0.484. The van der Waals surface area contributed by atoms with E-state index < -0.39 is 6.10 Å². The lowest BCUT2D eigenvalue weighted by Gasteiger charge is -2.23. The van der Waals surface area contributed by atoms with Crippen molar-refractivity contribution in [1.29, 1.82) is 0 Å². The Labute approximate surface area is 166 Å². The van der Waals surface area contributed by atoms with Crippen LogP contribution in [0.2, 0.25) is 0 Å². The summed E-state index contributed by atoms with van der Waals surface area (Å²) in [5.41, 5.74) is 5.58. The Hall–Kier alpha value is -2.70. The molecule has 0 radical (unpaired) electrons. The van der Waals surface area contributed by atoms with Crippen LogP contribution in [-0.4, -0.2) is 23.9 Å². The van der Waals surface area contributed by atoms with E-state index in [1.54, 1.807) is 6.07 Å². The van der Waals surface area contributed by atoms with Crippen LogP contribution in [0.15, 0.2) is 48.5 Å². The summed E-state index contributed by atoms with van der Waals surface area (Å²) in [5.74, 6) is 0.457. The molecule has 28 heavy (non-hydrogen) atoms. The molecule has 2 aromatic carbocycles. The first kappa shape index (κ1) is 21.6. The van der Waals surface area contributed by atoms with Crippen LogP contribution in [0.3, 0.4) is 0 Å². The quantitative estimate of drug-likeness (QED) is 0.458. The molecule has 2 N–H and O–H groups in total. The third-order valence-corrected chi connectivity index (χ3v) is 4.34. The van der Waals surface area contributed by atoms with Gasteiger partial charge in [0.1, 0.15) is 12.4 Å². The molecule has 0 aliphatic carbocycles. The number of hydrogen-bond acceptors (Lipinski definition) is 5. The van der Waals surface area contributed by atoms with E-state index in [9.17, 15) is 14.7 Å². The van der Waals surface area contributed by atoms with Gasteiger partial charge in [0.2, 0.25) is 5.91 Å².